The third-order valence-electron chi connectivity index (χ3n) is 2.21. The zero-order valence-corrected chi connectivity index (χ0v) is 10.5. The van der Waals surface area contributed by atoms with E-state index in [1.54, 1.807) is 11.8 Å². The highest BCUT2D eigenvalue weighted by Gasteiger charge is 2.27. The summed E-state index contributed by atoms with van der Waals surface area (Å²) in [6, 6.07) is 0. The topological polar surface area (TPSA) is 21.6 Å². The molecule has 1 unspecified atom stereocenters. The van der Waals surface area contributed by atoms with Crippen molar-refractivity contribution >= 4 is 17.0 Å². The van der Waals surface area contributed by atoms with Gasteiger partial charge < -0.3 is 4.74 Å². The average molecular weight is 215 g/mol. The Hall–Kier alpha value is -0.180. The molecule has 0 spiro atoms. The van der Waals surface area contributed by atoms with Crippen LogP contribution >= 0.6 is 11.8 Å². The van der Waals surface area contributed by atoms with E-state index in [2.05, 4.69) is 32.7 Å². The molecule has 0 bridgehead atoms. The Kier molecular flexibility index (Phi) is 4.30. The van der Waals surface area contributed by atoms with Crippen LogP contribution in [0.15, 0.2) is 4.99 Å². The quantitative estimate of drug-likeness (QED) is 0.672. The summed E-state index contributed by atoms with van der Waals surface area (Å²) in [5.41, 5.74) is 0.0617. The summed E-state index contributed by atoms with van der Waals surface area (Å²) in [6.07, 6.45) is 3.80. The maximum Gasteiger partial charge on any atom is 0.246 e. The molecule has 0 N–H and O–H groups in total. The molecule has 2 nitrogen and oxygen atoms in total. The van der Waals surface area contributed by atoms with Crippen LogP contribution in [0.3, 0.4) is 0 Å². The molecule has 0 aliphatic carbocycles. The van der Waals surface area contributed by atoms with E-state index < -0.39 is 0 Å². The van der Waals surface area contributed by atoms with Crippen LogP contribution in [0.4, 0.5) is 0 Å². The van der Waals surface area contributed by atoms with E-state index >= 15 is 0 Å². The number of ether oxygens (including phenoxy) is 1. The molecule has 0 aromatic rings. The van der Waals surface area contributed by atoms with Crippen molar-refractivity contribution in [3.8, 4) is 0 Å². The second-order valence-electron chi connectivity index (χ2n) is 4.52. The van der Waals surface area contributed by atoms with Crippen LogP contribution in [0.1, 0.15) is 47.0 Å². The molecule has 0 amide bonds. The highest BCUT2D eigenvalue weighted by molar-refractivity contribution is 8.13. The van der Waals surface area contributed by atoms with E-state index in [0.717, 1.165) is 17.4 Å². The molecule has 1 atom stereocenters. The van der Waals surface area contributed by atoms with E-state index in [4.69, 9.17) is 4.74 Å². The minimum Gasteiger partial charge on any atom is -0.470 e. The average Bonchev–Trinajstić information content (AvgIpc) is 2.00. The minimum absolute atomic E-state index is 0.0617. The lowest BCUT2D eigenvalue weighted by molar-refractivity contribution is 0.152. The predicted molar refractivity (Wildman–Crippen MR) is 64.0 cm³/mol. The Morgan fingerprint density at radius 1 is 1.57 bits per heavy atom. The fourth-order valence-corrected chi connectivity index (χ4v) is 2.76. The molecule has 1 aliphatic heterocycles. The Morgan fingerprint density at radius 3 is 2.86 bits per heavy atom. The molecule has 0 saturated heterocycles. The van der Waals surface area contributed by atoms with E-state index in [9.17, 15) is 0 Å². The van der Waals surface area contributed by atoms with Gasteiger partial charge in [-0.05, 0) is 27.2 Å². The first kappa shape index (κ1) is 11.9. The van der Waals surface area contributed by atoms with Gasteiger partial charge in [0.1, 0.15) is 6.10 Å². The summed E-state index contributed by atoms with van der Waals surface area (Å²) >= 11 is 1.76. The van der Waals surface area contributed by atoms with Crippen molar-refractivity contribution in [2.75, 3.05) is 5.75 Å². The van der Waals surface area contributed by atoms with Gasteiger partial charge in [0.15, 0.2) is 0 Å². The molecule has 3 heteroatoms. The van der Waals surface area contributed by atoms with Crippen molar-refractivity contribution in [2.24, 2.45) is 4.99 Å². The van der Waals surface area contributed by atoms with Gasteiger partial charge in [0.05, 0.1) is 5.54 Å². The summed E-state index contributed by atoms with van der Waals surface area (Å²) in [5, 5.41) is 0.891. The Balaban J connectivity index is 2.46. The second-order valence-corrected chi connectivity index (χ2v) is 5.57. The summed E-state index contributed by atoms with van der Waals surface area (Å²) < 4.78 is 5.68. The first-order chi connectivity index (χ1) is 6.53. The predicted octanol–water partition coefficient (Wildman–Crippen LogP) is 3.46. The molecule has 0 aromatic heterocycles. The van der Waals surface area contributed by atoms with Gasteiger partial charge in [0.2, 0.25) is 5.23 Å². The molecule has 82 valence electrons. The molecule has 0 aromatic carbocycles. The van der Waals surface area contributed by atoms with Crippen LogP contribution in [0.2, 0.25) is 0 Å². The zero-order chi connectivity index (χ0) is 10.6. The smallest absolute Gasteiger partial charge is 0.246 e. The van der Waals surface area contributed by atoms with E-state index in [0.29, 0.717) is 6.10 Å². The van der Waals surface area contributed by atoms with E-state index in [1.165, 1.54) is 12.8 Å². The third kappa shape index (κ3) is 3.91. The third-order valence-corrected chi connectivity index (χ3v) is 3.13. The lowest BCUT2D eigenvalue weighted by atomic mass is 9.98. The molecular weight excluding hydrogens is 194 g/mol. The second kappa shape index (κ2) is 5.06. The maximum absolute atomic E-state index is 5.68. The van der Waals surface area contributed by atoms with Crippen LogP contribution in [-0.4, -0.2) is 22.6 Å². The Labute approximate surface area is 91.5 Å². The van der Waals surface area contributed by atoms with Crippen molar-refractivity contribution in [1.29, 1.82) is 0 Å². The van der Waals surface area contributed by atoms with E-state index in [1.807, 2.05) is 0 Å². The fraction of sp³-hybridized carbons (Fsp3) is 0.909. The van der Waals surface area contributed by atoms with E-state index in [-0.39, 0.29) is 5.54 Å². The van der Waals surface area contributed by atoms with Crippen LogP contribution in [-0.2, 0) is 4.74 Å². The molecule has 1 heterocycles. The number of hydrogen-bond donors (Lipinski definition) is 0. The Morgan fingerprint density at radius 2 is 2.29 bits per heavy atom. The Bertz CT molecular complexity index is 213. The van der Waals surface area contributed by atoms with Crippen molar-refractivity contribution in [3.63, 3.8) is 0 Å². The molecule has 1 rings (SSSR count). The molecule has 14 heavy (non-hydrogen) atoms. The normalized spacial score (nSPS) is 25.4. The number of unbranched alkanes of at least 4 members (excludes halogenated alkanes) is 1. The minimum atomic E-state index is 0.0617. The van der Waals surface area contributed by atoms with Crippen molar-refractivity contribution in [2.45, 2.75) is 58.6 Å². The lowest BCUT2D eigenvalue weighted by Crippen LogP contribution is -2.32. The monoisotopic (exact) mass is 215 g/mol. The largest absolute Gasteiger partial charge is 0.470 e. The van der Waals surface area contributed by atoms with Gasteiger partial charge >= 0.3 is 0 Å². The van der Waals surface area contributed by atoms with Gasteiger partial charge in [-0.2, -0.15) is 0 Å². The van der Waals surface area contributed by atoms with Gasteiger partial charge in [-0.3, -0.25) is 0 Å². The summed E-state index contributed by atoms with van der Waals surface area (Å²) in [5.74, 6) is 1.12. The van der Waals surface area contributed by atoms with Crippen LogP contribution in [0.5, 0.6) is 0 Å². The highest BCUT2D eigenvalue weighted by Crippen LogP contribution is 2.27. The molecule has 0 radical (unpaired) electrons. The summed E-state index contributed by atoms with van der Waals surface area (Å²) in [7, 11) is 0. The molecule has 1 aliphatic rings. The lowest BCUT2D eigenvalue weighted by Gasteiger charge is -2.31. The number of hydrogen-bond acceptors (Lipinski definition) is 3. The van der Waals surface area contributed by atoms with Crippen molar-refractivity contribution in [1.82, 2.24) is 0 Å². The SMILES string of the molecule is CCCCSC1=NC(C)(C)CC(C)O1. The number of nitrogens with zero attached hydrogens (tertiary/aromatic N) is 1. The highest BCUT2D eigenvalue weighted by atomic mass is 32.2. The van der Waals surface area contributed by atoms with Crippen molar-refractivity contribution in [3.05, 3.63) is 0 Å². The van der Waals surface area contributed by atoms with Gasteiger partial charge in [0, 0.05) is 12.2 Å². The number of rotatable bonds is 3. The first-order valence-corrected chi connectivity index (χ1v) is 6.41. The first-order valence-electron chi connectivity index (χ1n) is 5.43. The zero-order valence-electron chi connectivity index (χ0n) is 9.67. The number of aliphatic imine (C=N–C) groups is 1. The standard InChI is InChI=1S/C11H21NOS/c1-5-6-7-14-10-12-11(3,4)8-9(2)13-10/h9H,5-8H2,1-4H3. The van der Waals surface area contributed by atoms with Crippen LogP contribution < -0.4 is 0 Å². The van der Waals surface area contributed by atoms with Gasteiger partial charge in [-0.1, -0.05) is 25.1 Å². The number of thioether (sulfide) groups is 1. The summed E-state index contributed by atoms with van der Waals surface area (Å²) in [6.45, 7) is 8.67. The fourth-order valence-electron chi connectivity index (χ4n) is 1.61. The van der Waals surface area contributed by atoms with Crippen LogP contribution in [0, 0.1) is 0 Å². The maximum atomic E-state index is 5.68. The van der Waals surface area contributed by atoms with Crippen molar-refractivity contribution < 1.29 is 4.74 Å². The van der Waals surface area contributed by atoms with Gasteiger partial charge in [0.25, 0.3) is 0 Å². The molecular formula is C11H21NOS. The van der Waals surface area contributed by atoms with Gasteiger partial charge in [-0.15, -0.1) is 0 Å². The summed E-state index contributed by atoms with van der Waals surface area (Å²) in [4.78, 5) is 4.59. The van der Waals surface area contributed by atoms with Crippen LogP contribution in [0.25, 0.3) is 0 Å². The molecule has 0 fully saturated rings. The van der Waals surface area contributed by atoms with Gasteiger partial charge in [-0.25, -0.2) is 4.99 Å². The molecule has 0 saturated carbocycles.